The van der Waals surface area contributed by atoms with E-state index in [1.165, 1.54) is 6.33 Å². The number of primary amides is 1. The summed E-state index contributed by atoms with van der Waals surface area (Å²) in [6.07, 6.45) is 4.21. The van der Waals surface area contributed by atoms with Crippen molar-refractivity contribution in [1.29, 1.82) is 0 Å². The van der Waals surface area contributed by atoms with Crippen LogP contribution in [0.1, 0.15) is 22.8 Å². The van der Waals surface area contributed by atoms with Crippen molar-refractivity contribution < 1.29 is 9.53 Å². The van der Waals surface area contributed by atoms with Crippen LogP contribution >= 0.6 is 0 Å². The number of carbonyl (C=O) groups is 1. The minimum Gasteiger partial charge on any atom is -0.438 e. The van der Waals surface area contributed by atoms with Gasteiger partial charge in [-0.2, -0.15) is 0 Å². The van der Waals surface area contributed by atoms with Crippen molar-refractivity contribution >= 4 is 16.9 Å². The molecule has 0 bridgehead atoms. The van der Waals surface area contributed by atoms with Gasteiger partial charge in [-0.25, -0.2) is 9.97 Å². The van der Waals surface area contributed by atoms with Crippen molar-refractivity contribution in [2.24, 2.45) is 5.73 Å². The van der Waals surface area contributed by atoms with Crippen molar-refractivity contribution in [3.8, 4) is 11.6 Å². The number of amides is 1. The Kier molecular flexibility index (Phi) is 3.27. The van der Waals surface area contributed by atoms with Crippen LogP contribution in [0.15, 0.2) is 36.8 Å². The second-order valence-electron chi connectivity index (χ2n) is 4.56. The molecule has 2 aromatic heterocycles. The van der Waals surface area contributed by atoms with Gasteiger partial charge < -0.3 is 15.5 Å². The van der Waals surface area contributed by atoms with Gasteiger partial charge in [0.25, 0.3) is 0 Å². The van der Waals surface area contributed by atoms with Gasteiger partial charge in [0.05, 0.1) is 5.39 Å². The SMILES string of the molecule is CCc1c[nH]c2ncnc(Oc3ccc(C(N)=O)cc3)c12. The average molecular weight is 282 g/mol. The maximum absolute atomic E-state index is 11.1. The van der Waals surface area contributed by atoms with Crippen LogP contribution in [0, 0.1) is 0 Å². The lowest BCUT2D eigenvalue weighted by molar-refractivity contribution is 0.100. The fourth-order valence-corrected chi connectivity index (χ4v) is 2.15. The van der Waals surface area contributed by atoms with E-state index in [4.69, 9.17) is 10.5 Å². The van der Waals surface area contributed by atoms with Gasteiger partial charge in [-0.15, -0.1) is 0 Å². The highest BCUT2D eigenvalue weighted by Crippen LogP contribution is 2.29. The highest BCUT2D eigenvalue weighted by atomic mass is 16.5. The molecule has 0 fully saturated rings. The number of H-pyrrole nitrogens is 1. The molecular formula is C15H14N4O2. The Bertz CT molecular complexity index is 793. The van der Waals surface area contributed by atoms with Gasteiger partial charge in [0, 0.05) is 11.8 Å². The molecule has 6 heteroatoms. The zero-order valence-electron chi connectivity index (χ0n) is 11.5. The third-order valence-corrected chi connectivity index (χ3v) is 3.25. The highest BCUT2D eigenvalue weighted by Gasteiger charge is 2.12. The quantitative estimate of drug-likeness (QED) is 0.768. The summed E-state index contributed by atoms with van der Waals surface area (Å²) in [6, 6.07) is 6.61. The summed E-state index contributed by atoms with van der Waals surface area (Å²) in [4.78, 5) is 22.5. The van der Waals surface area contributed by atoms with Crippen LogP contribution in [0.2, 0.25) is 0 Å². The summed E-state index contributed by atoms with van der Waals surface area (Å²) in [5.74, 6) is 0.609. The molecule has 0 aliphatic carbocycles. The smallest absolute Gasteiger partial charge is 0.248 e. The van der Waals surface area contributed by atoms with E-state index < -0.39 is 5.91 Å². The monoisotopic (exact) mass is 282 g/mol. The zero-order valence-corrected chi connectivity index (χ0v) is 11.5. The number of aromatic nitrogens is 3. The van der Waals surface area contributed by atoms with E-state index in [1.807, 2.05) is 6.20 Å². The molecule has 0 atom stereocenters. The Balaban J connectivity index is 1.97. The largest absolute Gasteiger partial charge is 0.438 e. The number of ether oxygens (including phenoxy) is 1. The lowest BCUT2D eigenvalue weighted by Gasteiger charge is -2.07. The van der Waals surface area contributed by atoms with Gasteiger partial charge in [-0.3, -0.25) is 4.79 Å². The molecule has 21 heavy (non-hydrogen) atoms. The number of carbonyl (C=O) groups excluding carboxylic acids is 1. The van der Waals surface area contributed by atoms with Crippen molar-refractivity contribution in [2.75, 3.05) is 0 Å². The van der Waals surface area contributed by atoms with Crippen molar-refractivity contribution in [3.05, 3.63) is 47.9 Å². The van der Waals surface area contributed by atoms with E-state index in [0.717, 1.165) is 23.0 Å². The first-order valence-corrected chi connectivity index (χ1v) is 6.57. The number of fused-ring (bicyclic) bond motifs is 1. The summed E-state index contributed by atoms with van der Waals surface area (Å²) in [5.41, 5.74) is 7.48. The number of hydrogen-bond donors (Lipinski definition) is 2. The molecule has 0 aliphatic heterocycles. The second kappa shape index (κ2) is 5.24. The lowest BCUT2D eigenvalue weighted by Crippen LogP contribution is -2.10. The Morgan fingerprint density at radius 1 is 1.29 bits per heavy atom. The van der Waals surface area contributed by atoms with Gasteiger partial charge in [-0.05, 0) is 36.2 Å². The van der Waals surface area contributed by atoms with Gasteiger partial charge in [0.2, 0.25) is 11.8 Å². The highest BCUT2D eigenvalue weighted by molar-refractivity contribution is 5.92. The van der Waals surface area contributed by atoms with Crippen molar-refractivity contribution in [1.82, 2.24) is 15.0 Å². The number of rotatable bonds is 4. The molecule has 0 unspecified atom stereocenters. The van der Waals surface area contributed by atoms with Gasteiger partial charge in [0.1, 0.15) is 17.7 Å². The first kappa shape index (κ1) is 13.1. The lowest BCUT2D eigenvalue weighted by atomic mass is 10.2. The maximum atomic E-state index is 11.1. The topological polar surface area (TPSA) is 93.9 Å². The fourth-order valence-electron chi connectivity index (χ4n) is 2.15. The standard InChI is InChI=1S/C15H14N4O2/c1-2-9-7-17-14-12(9)15(19-8-18-14)21-11-5-3-10(4-6-11)13(16)20/h3-8H,2H2,1H3,(H2,16,20)(H,17,18,19). The first-order valence-electron chi connectivity index (χ1n) is 6.57. The normalized spacial score (nSPS) is 10.7. The zero-order chi connectivity index (χ0) is 14.8. The third-order valence-electron chi connectivity index (χ3n) is 3.25. The predicted octanol–water partition coefficient (Wildman–Crippen LogP) is 2.41. The number of aryl methyl sites for hydroxylation is 1. The molecule has 3 N–H and O–H groups in total. The fraction of sp³-hybridized carbons (Fsp3) is 0.133. The molecule has 6 nitrogen and oxygen atoms in total. The van der Waals surface area contributed by atoms with E-state index >= 15 is 0 Å². The molecule has 106 valence electrons. The third kappa shape index (κ3) is 2.43. The average Bonchev–Trinajstić information content (AvgIpc) is 2.92. The second-order valence-corrected chi connectivity index (χ2v) is 4.56. The molecule has 0 saturated heterocycles. The number of nitrogens with two attached hydrogens (primary N) is 1. The van der Waals surface area contributed by atoms with Crippen LogP contribution in [0.5, 0.6) is 11.6 Å². The van der Waals surface area contributed by atoms with Gasteiger partial charge in [0.15, 0.2) is 0 Å². The molecule has 0 radical (unpaired) electrons. The molecular weight excluding hydrogens is 268 g/mol. The molecule has 3 aromatic rings. The Morgan fingerprint density at radius 2 is 2.05 bits per heavy atom. The van der Waals surface area contributed by atoms with Gasteiger partial charge in [-0.1, -0.05) is 6.92 Å². The summed E-state index contributed by atoms with van der Waals surface area (Å²) in [6.45, 7) is 2.06. The number of nitrogens with one attached hydrogen (secondary N) is 1. The van der Waals surface area contributed by atoms with E-state index in [2.05, 4.69) is 21.9 Å². The van der Waals surface area contributed by atoms with Crippen molar-refractivity contribution in [2.45, 2.75) is 13.3 Å². The Morgan fingerprint density at radius 3 is 2.71 bits per heavy atom. The molecule has 0 aliphatic rings. The Hall–Kier alpha value is -2.89. The van der Waals surface area contributed by atoms with Gasteiger partial charge >= 0.3 is 0 Å². The summed E-state index contributed by atoms with van der Waals surface area (Å²) >= 11 is 0. The first-order chi connectivity index (χ1) is 10.2. The van der Waals surface area contributed by atoms with Crippen LogP contribution in [-0.4, -0.2) is 20.9 Å². The minimum absolute atomic E-state index is 0.436. The minimum atomic E-state index is -0.468. The molecule has 0 saturated carbocycles. The van der Waals surface area contributed by atoms with Crippen LogP contribution < -0.4 is 10.5 Å². The van der Waals surface area contributed by atoms with Crippen LogP contribution in [0.3, 0.4) is 0 Å². The van der Waals surface area contributed by atoms with E-state index in [0.29, 0.717) is 17.2 Å². The molecule has 1 amide bonds. The molecule has 3 rings (SSSR count). The van der Waals surface area contributed by atoms with E-state index in [9.17, 15) is 4.79 Å². The van der Waals surface area contributed by atoms with Crippen LogP contribution in [0.4, 0.5) is 0 Å². The maximum Gasteiger partial charge on any atom is 0.248 e. The molecule has 2 heterocycles. The molecule has 1 aromatic carbocycles. The van der Waals surface area contributed by atoms with E-state index in [-0.39, 0.29) is 0 Å². The summed E-state index contributed by atoms with van der Waals surface area (Å²) in [5, 5.41) is 0.874. The van der Waals surface area contributed by atoms with Crippen LogP contribution in [0.25, 0.3) is 11.0 Å². The van der Waals surface area contributed by atoms with E-state index in [1.54, 1.807) is 24.3 Å². The Labute approximate surface area is 121 Å². The number of benzene rings is 1. The number of aromatic amines is 1. The summed E-state index contributed by atoms with van der Waals surface area (Å²) < 4.78 is 5.80. The van der Waals surface area contributed by atoms with Crippen LogP contribution in [-0.2, 0) is 6.42 Å². The molecule has 0 spiro atoms. The predicted molar refractivity (Wildman–Crippen MR) is 78.3 cm³/mol. The van der Waals surface area contributed by atoms with Crippen molar-refractivity contribution in [3.63, 3.8) is 0 Å². The number of hydrogen-bond acceptors (Lipinski definition) is 4. The summed E-state index contributed by atoms with van der Waals surface area (Å²) in [7, 11) is 0. The number of nitrogens with zero attached hydrogens (tertiary/aromatic N) is 2.